The fraction of sp³-hybridized carbons (Fsp3) is 0.556. The molecule has 3 fully saturated rings. The first-order valence-corrected chi connectivity index (χ1v) is 8.60. The summed E-state index contributed by atoms with van der Waals surface area (Å²) in [4.78, 5) is 29.0. The van der Waals surface area contributed by atoms with Gasteiger partial charge in [0.2, 0.25) is 11.8 Å². The number of primary amides is 1. The quantitative estimate of drug-likeness (QED) is 0.897. The molecule has 0 spiro atoms. The van der Waals surface area contributed by atoms with E-state index in [-0.39, 0.29) is 18.4 Å². The summed E-state index contributed by atoms with van der Waals surface area (Å²) >= 11 is 0. The van der Waals surface area contributed by atoms with Crippen molar-refractivity contribution in [2.45, 2.75) is 31.2 Å². The van der Waals surface area contributed by atoms with Gasteiger partial charge in [-0.05, 0) is 55.6 Å². The maximum atomic E-state index is 13.1. The lowest BCUT2D eigenvalue weighted by molar-refractivity contribution is -0.125. The number of hydrogen-bond acceptors (Lipinski definition) is 4. The lowest BCUT2D eigenvalue weighted by atomic mass is 9.83. The molecule has 1 aromatic carbocycles. The van der Waals surface area contributed by atoms with Gasteiger partial charge in [-0.25, -0.2) is 0 Å². The van der Waals surface area contributed by atoms with Gasteiger partial charge in [0, 0.05) is 18.7 Å². The summed E-state index contributed by atoms with van der Waals surface area (Å²) in [5.74, 6) is 0.324. The number of ether oxygens (including phenoxy) is 1. The predicted octanol–water partition coefficient (Wildman–Crippen LogP) is 1.09. The molecular weight excluding hydrogens is 306 g/mol. The summed E-state index contributed by atoms with van der Waals surface area (Å²) < 4.78 is 5.30. The molecule has 1 aromatic rings. The van der Waals surface area contributed by atoms with Crippen LogP contribution in [0.15, 0.2) is 18.2 Å². The van der Waals surface area contributed by atoms with E-state index in [1.54, 1.807) is 7.11 Å². The molecule has 2 amide bonds. The molecular formula is C18H23N3O3. The van der Waals surface area contributed by atoms with E-state index in [2.05, 4.69) is 4.90 Å². The molecule has 4 aliphatic rings. The van der Waals surface area contributed by atoms with Crippen LogP contribution in [0.1, 0.15) is 30.7 Å². The third-order valence-corrected chi connectivity index (χ3v) is 5.76. The summed E-state index contributed by atoms with van der Waals surface area (Å²) in [5, 5.41) is 0. The summed E-state index contributed by atoms with van der Waals surface area (Å²) in [6, 6.07) is 5.91. The molecule has 2 atom stereocenters. The Balaban J connectivity index is 1.73. The Morgan fingerprint density at radius 2 is 2.08 bits per heavy atom. The second kappa shape index (κ2) is 5.77. The summed E-state index contributed by atoms with van der Waals surface area (Å²) in [5.41, 5.74) is 7.19. The Bertz CT molecular complexity index is 682. The first-order chi connectivity index (χ1) is 11.6. The number of nitrogens with two attached hydrogens (primary N) is 1. The maximum Gasteiger partial charge on any atom is 0.235 e. The fourth-order valence-electron chi connectivity index (χ4n) is 4.54. The van der Waals surface area contributed by atoms with Crippen LogP contribution in [0, 0.1) is 5.92 Å². The Morgan fingerprint density at radius 3 is 2.67 bits per heavy atom. The lowest BCUT2D eigenvalue weighted by Crippen LogP contribution is -2.58. The highest BCUT2D eigenvalue weighted by atomic mass is 16.5. The van der Waals surface area contributed by atoms with Crippen molar-refractivity contribution in [3.63, 3.8) is 0 Å². The zero-order valence-corrected chi connectivity index (χ0v) is 13.9. The van der Waals surface area contributed by atoms with Gasteiger partial charge in [0.05, 0.1) is 19.1 Å². The van der Waals surface area contributed by atoms with Crippen molar-refractivity contribution in [1.29, 1.82) is 0 Å². The molecule has 0 aromatic heterocycles. The highest BCUT2D eigenvalue weighted by Gasteiger charge is 2.46. The second-order valence-corrected chi connectivity index (χ2v) is 7.06. The topological polar surface area (TPSA) is 75.9 Å². The van der Waals surface area contributed by atoms with Crippen LogP contribution in [0.4, 0.5) is 5.69 Å². The Labute approximate surface area is 141 Å². The smallest absolute Gasteiger partial charge is 0.235 e. The number of piperidine rings is 3. The van der Waals surface area contributed by atoms with Crippen LogP contribution >= 0.6 is 0 Å². The van der Waals surface area contributed by atoms with Crippen LogP contribution < -0.4 is 15.4 Å². The largest absolute Gasteiger partial charge is 0.497 e. The zero-order chi connectivity index (χ0) is 16.8. The normalized spacial score (nSPS) is 31.2. The highest BCUT2D eigenvalue weighted by Crippen LogP contribution is 2.45. The van der Waals surface area contributed by atoms with Crippen molar-refractivity contribution in [1.82, 2.24) is 4.90 Å². The van der Waals surface area contributed by atoms with Gasteiger partial charge in [0.25, 0.3) is 0 Å². The SMILES string of the molecule is COc1ccc2c(c1)C(CC(N)=O)C(=O)N2C1CN2CCC1CC2. The molecule has 24 heavy (non-hydrogen) atoms. The van der Waals surface area contributed by atoms with Crippen LogP contribution in [-0.4, -0.2) is 49.5 Å². The molecule has 0 aliphatic carbocycles. The van der Waals surface area contributed by atoms with E-state index in [1.165, 1.54) is 0 Å². The average Bonchev–Trinajstić information content (AvgIpc) is 2.86. The molecule has 0 radical (unpaired) electrons. The number of fused-ring (bicyclic) bond motifs is 4. The highest BCUT2D eigenvalue weighted by molar-refractivity contribution is 6.07. The Kier molecular flexibility index (Phi) is 3.72. The fourth-order valence-corrected chi connectivity index (χ4v) is 4.54. The monoisotopic (exact) mass is 329 g/mol. The Morgan fingerprint density at radius 1 is 1.33 bits per heavy atom. The number of hydrogen-bond donors (Lipinski definition) is 1. The van der Waals surface area contributed by atoms with Crippen molar-refractivity contribution < 1.29 is 14.3 Å². The molecule has 5 rings (SSSR count). The molecule has 2 bridgehead atoms. The van der Waals surface area contributed by atoms with E-state index < -0.39 is 11.8 Å². The van der Waals surface area contributed by atoms with Gasteiger partial charge in [-0.1, -0.05) is 0 Å². The van der Waals surface area contributed by atoms with E-state index in [1.807, 2.05) is 23.1 Å². The van der Waals surface area contributed by atoms with E-state index in [0.717, 1.165) is 43.7 Å². The minimum absolute atomic E-state index is 0.0100. The molecule has 128 valence electrons. The predicted molar refractivity (Wildman–Crippen MR) is 90.0 cm³/mol. The van der Waals surface area contributed by atoms with Gasteiger partial charge in [0.1, 0.15) is 5.75 Å². The maximum absolute atomic E-state index is 13.1. The van der Waals surface area contributed by atoms with Crippen LogP contribution in [0.2, 0.25) is 0 Å². The number of methoxy groups -OCH3 is 1. The standard InChI is InChI=1S/C18H23N3O3/c1-24-12-2-3-15-13(8-12)14(9-17(19)22)18(23)21(15)16-10-20-6-4-11(16)5-7-20/h2-3,8,11,14,16H,4-7,9-10H2,1H3,(H2,19,22). The number of carbonyl (C=O) groups is 2. The van der Waals surface area contributed by atoms with Crippen LogP contribution in [0.3, 0.4) is 0 Å². The minimum atomic E-state index is -0.483. The molecule has 2 N–H and O–H groups in total. The second-order valence-electron chi connectivity index (χ2n) is 7.06. The van der Waals surface area contributed by atoms with Gasteiger partial charge in [0.15, 0.2) is 0 Å². The number of benzene rings is 1. The van der Waals surface area contributed by atoms with Crippen molar-refractivity contribution in [3.8, 4) is 5.75 Å². The average molecular weight is 329 g/mol. The van der Waals surface area contributed by atoms with Gasteiger partial charge in [-0.15, -0.1) is 0 Å². The van der Waals surface area contributed by atoms with Crippen LogP contribution in [0.5, 0.6) is 5.75 Å². The van der Waals surface area contributed by atoms with Crippen molar-refractivity contribution in [2.24, 2.45) is 11.7 Å². The first kappa shape index (κ1) is 15.4. The van der Waals surface area contributed by atoms with Gasteiger partial charge in [-0.2, -0.15) is 0 Å². The molecule has 2 unspecified atom stereocenters. The summed E-state index contributed by atoms with van der Waals surface area (Å²) in [7, 11) is 1.60. The van der Waals surface area contributed by atoms with E-state index in [9.17, 15) is 9.59 Å². The van der Waals surface area contributed by atoms with E-state index in [0.29, 0.717) is 11.7 Å². The number of amides is 2. The lowest BCUT2D eigenvalue weighted by Gasteiger charge is -2.48. The van der Waals surface area contributed by atoms with E-state index in [4.69, 9.17) is 10.5 Å². The van der Waals surface area contributed by atoms with E-state index >= 15 is 0 Å². The Hall–Kier alpha value is -2.08. The minimum Gasteiger partial charge on any atom is -0.497 e. The molecule has 4 heterocycles. The van der Waals surface area contributed by atoms with Crippen LogP contribution in [-0.2, 0) is 9.59 Å². The van der Waals surface area contributed by atoms with Crippen molar-refractivity contribution >= 4 is 17.5 Å². The van der Waals surface area contributed by atoms with Crippen LogP contribution in [0.25, 0.3) is 0 Å². The third-order valence-electron chi connectivity index (χ3n) is 5.76. The summed E-state index contributed by atoms with van der Waals surface area (Å²) in [6.45, 7) is 3.18. The molecule has 0 saturated carbocycles. The number of carbonyl (C=O) groups excluding carboxylic acids is 2. The van der Waals surface area contributed by atoms with Gasteiger partial charge in [-0.3, -0.25) is 9.59 Å². The van der Waals surface area contributed by atoms with Crippen molar-refractivity contribution in [3.05, 3.63) is 23.8 Å². The van der Waals surface area contributed by atoms with Crippen molar-refractivity contribution in [2.75, 3.05) is 31.6 Å². The zero-order valence-electron chi connectivity index (χ0n) is 13.9. The number of nitrogens with zero attached hydrogens (tertiary/aromatic N) is 2. The molecule has 4 aliphatic heterocycles. The van der Waals surface area contributed by atoms with Gasteiger partial charge >= 0.3 is 0 Å². The molecule has 6 heteroatoms. The summed E-state index contributed by atoms with van der Waals surface area (Å²) in [6.07, 6.45) is 2.33. The third kappa shape index (κ3) is 2.36. The van der Waals surface area contributed by atoms with Gasteiger partial charge < -0.3 is 20.3 Å². The molecule has 6 nitrogen and oxygen atoms in total. The first-order valence-electron chi connectivity index (χ1n) is 8.60. The number of rotatable bonds is 4. The number of anilines is 1. The molecule has 3 saturated heterocycles.